The van der Waals surface area contributed by atoms with Crippen LogP contribution < -0.4 is 5.73 Å². The number of nitrogens with two attached hydrogens (primary N) is 1. The number of hydrogen-bond donors (Lipinski definition) is 1. The van der Waals surface area contributed by atoms with Gasteiger partial charge in [0.2, 0.25) is 5.91 Å². The monoisotopic (exact) mass is 246 g/mol. The quantitative estimate of drug-likeness (QED) is 0.862. The van der Waals surface area contributed by atoms with Crippen LogP contribution in [0.2, 0.25) is 0 Å². The van der Waals surface area contributed by atoms with Gasteiger partial charge in [-0.1, -0.05) is 24.3 Å². The van der Waals surface area contributed by atoms with Crippen molar-refractivity contribution in [3.05, 3.63) is 35.4 Å². The lowest BCUT2D eigenvalue weighted by Crippen LogP contribution is -2.44. The highest BCUT2D eigenvalue weighted by atomic mass is 16.2. The molecule has 18 heavy (non-hydrogen) atoms. The van der Waals surface area contributed by atoms with Crippen LogP contribution in [0.5, 0.6) is 0 Å². The van der Waals surface area contributed by atoms with Crippen molar-refractivity contribution in [1.29, 1.82) is 0 Å². The summed E-state index contributed by atoms with van der Waals surface area (Å²) in [5.41, 5.74) is 8.07. The summed E-state index contributed by atoms with van der Waals surface area (Å²) < 4.78 is 0. The number of rotatable bonds is 5. The minimum atomic E-state index is 0.0707. The van der Waals surface area contributed by atoms with E-state index in [2.05, 4.69) is 26.0 Å². The summed E-state index contributed by atoms with van der Waals surface area (Å²) in [6.45, 7) is 5.54. The molecule has 98 valence electrons. The van der Waals surface area contributed by atoms with Gasteiger partial charge in [-0.15, -0.1) is 0 Å². The Morgan fingerprint density at radius 3 is 2.78 bits per heavy atom. The van der Waals surface area contributed by atoms with E-state index in [-0.39, 0.29) is 17.9 Å². The van der Waals surface area contributed by atoms with E-state index in [0.29, 0.717) is 6.54 Å². The van der Waals surface area contributed by atoms with Crippen molar-refractivity contribution in [1.82, 2.24) is 4.90 Å². The van der Waals surface area contributed by atoms with Crippen molar-refractivity contribution < 1.29 is 4.79 Å². The molecule has 0 aromatic heterocycles. The van der Waals surface area contributed by atoms with Gasteiger partial charge in [-0.3, -0.25) is 4.79 Å². The van der Waals surface area contributed by atoms with Gasteiger partial charge in [-0.2, -0.15) is 0 Å². The molecular formula is C15H22N2O. The molecule has 1 unspecified atom stereocenters. The molecule has 0 spiro atoms. The smallest absolute Gasteiger partial charge is 0.230 e. The first kappa shape index (κ1) is 13.1. The molecule has 2 rings (SSSR count). The Bertz CT molecular complexity index is 428. The molecule has 0 aliphatic heterocycles. The maximum absolute atomic E-state index is 12.5. The predicted molar refractivity (Wildman–Crippen MR) is 73.4 cm³/mol. The van der Waals surface area contributed by atoms with E-state index in [1.807, 2.05) is 17.0 Å². The molecule has 0 bridgehead atoms. The first-order valence-corrected chi connectivity index (χ1v) is 6.73. The Kier molecular flexibility index (Phi) is 4.02. The average Bonchev–Trinajstić information content (AvgIpc) is 2.31. The topological polar surface area (TPSA) is 46.3 Å². The lowest BCUT2D eigenvalue weighted by atomic mass is 9.76. The Hall–Kier alpha value is -1.35. The molecule has 1 aromatic carbocycles. The van der Waals surface area contributed by atoms with E-state index >= 15 is 0 Å². The number of fused-ring (bicyclic) bond motifs is 1. The van der Waals surface area contributed by atoms with Gasteiger partial charge in [0.1, 0.15) is 0 Å². The van der Waals surface area contributed by atoms with Gasteiger partial charge < -0.3 is 10.6 Å². The molecule has 0 saturated heterocycles. The second-order valence-electron chi connectivity index (χ2n) is 5.22. The standard InChI is InChI=1S/C15H22N2O/c1-11(2)17(9-5-8-16)15(18)14-10-12-6-3-4-7-13(12)14/h3-4,6-7,11,14H,5,8-10,16H2,1-2H3. The van der Waals surface area contributed by atoms with E-state index in [9.17, 15) is 4.79 Å². The number of hydrogen-bond acceptors (Lipinski definition) is 2. The normalized spacial score (nSPS) is 17.2. The van der Waals surface area contributed by atoms with E-state index in [4.69, 9.17) is 5.73 Å². The van der Waals surface area contributed by atoms with Crippen LogP contribution in [0.3, 0.4) is 0 Å². The number of carbonyl (C=O) groups excluding carboxylic acids is 1. The van der Waals surface area contributed by atoms with Gasteiger partial charge in [0.15, 0.2) is 0 Å². The van der Waals surface area contributed by atoms with Crippen molar-refractivity contribution in [2.24, 2.45) is 5.73 Å². The van der Waals surface area contributed by atoms with Crippen LogP contribution in [0.1, 0.15) is 37.3 Å². The maximum Gasteiger partial charge on any atom is 0.230 e. The largest absolute Gasteiger partial charge is 0.340 e. The zero-order chi connectivity index (χ0) is 13.1. The van der Waals surface area contributed by atoms with Crippen molar-refractivity contribution in [2.75, 3.05) is 13.1 Å². The van der Waals surface area contributed by atoms with Crippen molar-refractivity contribution in [2.45, 2.75) is 38.6 Å². The minimum Gasteiger partial charge on any atom is -0.340 e. The van der Waals surface area contributed by atoms with Gasteiger partial charge in [-0.25, -0.2) is 0 Å². The molecule has 1 aliphatic rings. The first-order chi connectivity index (χ1) is 8.65. The predicted octanol–water partition coefficient (Wildman–Crippen LogP) is 1.91. The van der Waals surface area contributed by atoms with Crippen LogP contribution >= 0.6 is 0 Å². The lowest BCUT2D eigenvalue weighted by Gasteiger charge is -2.36. The first-order valence-electron chi connectivity index (χ1n) is 6.73. The van der Waals surface area contributed by atoms with Crippen LogP contribution in [-0.4, -0.2) is 29.9 Å². The highest BCUT2D eigenvalue weighted by Gasteiger charge is 2.35. The van der Waals surface area contributed by atoms with Crippen LogP contribution in [0, 0.1) is 0 Å². The number of benzene rings is 1. The van der Waals surface area contributed by atoms with Crippen molar-refractivity contribution in [3.63, 3.8) is 0 Å². The molecule has 1 aromatic rings. The van der Waals surface area contributed by atoms with E-state index in [1.165, 1.54) is 11.1 Å². The highest BCUT2D eigenvalue weighted by Crippen LogP contribution is 2.36. The molecule has 0 saturated carbocycles. The molecule has 1 aliphatic carbocycles. The molecule has 3 heteroatoms. The number of nitrogens with zero attached hydrogens (tertiary/aromatic N) is 1. The molecule has 0 radical (unpaired) electrons. The Morgan fingerprint density at radius 1 is 1.44 bits per heavy atom. The van der Waals surface area contributed by atoms with E-state index in [0.717, 1.165) is 19.4 Å². The third-order valence-electron chi connectivity index (χ3n) is 3.66. The second kappa shape index (κ2) is 5.53. The van der Waals surface area contributed by atoms with Crippen LogP contribution in [-0.2, 0) is 11.2 Å². The van der Waals surface area contributed by atoms with Gasteiger partial charge in [-0.05, 0) is 44.4 Å². The van der Waals surface area contributed by atoms with Crippen LogP contribution in [0.4, 0.5) is 0 Å². The molecule has 1 atom stereocenters. The SMILES string of the molecule is CC(C)N(CCCN)C(=O)C1Cc2ccccc21. The van der Waals surface area contributed by atoms with Gasteiger partial charge >= 0.3 is 0 Å². The molecular weight excluding hydrogens is 224 g/mol. The van der Waals surface area contributed by atoms with Gasteiger partial charge in [0.25, 0.3) is 0 Å². The Morgan fingerprint density at radius 2 is 2.17 bits per heavy atom. The van der Waals surface area contributed by atoms with Crippen LogP contribution in [0.25, 0.3) is 0 Å². The summed E-state index contributed by atoms with van der Waals surface area (Å²) in [7, 11) is 0. The summed E-state index contributed by atoms with van der Waals surface area (Å²) >= 11 is 0. The van der Waals surface area contributed by atoms with E-state index < -0.39 is 0 Å². The highest BCUT2D eigenvalue weighted by molar-refractivity contribution is 5.87. The molecule has 0 fully saturated rings. The summed E-state index contributed by atoms with van der Waals surface area (Å²) in [6, 6.07) is 8.48. The zero-order valence-electron chi connectivity index (χ0n) is 11.2. The lowest BCUT2D eigenvalue weighted by molar-refractivity contribution is -0.135. The Balaban J connectivity index is 2.07. The third kappa shape index (κ3) is 2.41. The summed E-state index contributed by atoms with van der Waals surface area (Å²) in [5, 5.41) is 0. The summed E-state index contributed by atoms with van der Waals surface area (Å²) in [5.74, 6) is 0.332. The summed E-state index contributed by atoms with van der Waals surface area (Å²) in [6.07, 6.45) is 1.76. The van der Waals surface area contributed by atoms with E-state index in [1.54, 1.807) is 0 Å². The Labute approximate surface area is 109 Å². The number of carbonyl (C=O) groups is 1. The van der Waals surface area contributed by atoms with Gasteiger partial charge in [0.05, 0.1) is 5.92 Å². The fourth-order valence-corrected chi connectivity index (χ4v) is 2.56. The zero-order valence-corrected chi connectivity index (χ0v) is 11.2. The molecule has 3 nitrogen and oxygen atoms in total. The fourth-order valence-electron chi connectivity index (χ4n) is 2.56. The maximum atomic E-state index is 12.5. The van der Waals surface area contributed by atoms with Crippen molar-refractivity contribution >= 4 is 5.91 Å². The van der Waals surface area contributed by atoms with Gasteiger partial charge in [0, 0.05) is 12.6 Å². The van der Waals surface area contributed by atoms with Crippen molar-refractivity contribution in [3.8, 4) is 0 Å². The van der Waals surface area contributed by atoms with Crippen LogP contribution in [0.15, 0.2) is 24.3 Å². The third-order valence-corrected chi connectivity index (χ3v) is 3.66. The number of amides is 1. The molecule has 0 heterocycles. The average molecular weight is 246 g/mol. The fraction of sp³-hybridized carbons (Fsp3) is 0.533. The second-order valence-corrected chi connectivity index (χ2v) is 5.22. The molecule has 2 N–H and O–H groups in total. The minimum absolute atomic E-state index is 0.0707. The molecule has 1 amide bonds. The summed E-state index contributed by atoms with van der Waals surface area (Å²) in [4.78, 5) is 14.5.